The van der Waals surface area contributed by atoms with Gasteiger partial charge in [-0.2, -0.15) is 4.99 Å². The molecule has 2 rings (SSSR count). The summed E-state index contributed by atoms with van der Waals surface area (Å²) >= 11 is 8.03. The van der Waals surface area contributed by atoms with Gasteiger partial charge >= 0.3 is 0 Å². The lowest BCUT2D eigenvalue weighted by Crippen LogP contribution is -2.23. The number of aliphatic imine (C=N–C) groups is 1. The third-order valence-electron chi connectivity index (χ3n) is 2.51. The van der Waals surface area contributed by atoms with E-state index in [0.29, 0.717) is 22.4 Å². The molecule has 2 amide bonds. The Hall–Kier alpha value is -1.12. The summed E-state index contributed by atoms with van der Waals surface area (Å²) in [6.45, 7) is 3.83. The summed E-state index contributed by atoms with van der Waals surface area (Å²) in [5.74, 6) is 0.0898. The second kappa shape index (κ2) is 7.43. The molecule has 0 radical (unpaired) electrons. The Bertz CT molecular complexity index is 678. The van der Waals surface area contributed by atoms with Crippen LogP contribution in [0.5, 0.6) is 5.75 Å². The average Bonchev–Trinajstić information content (AvgIpc) is 2.73. The number of amides is 2. The lowest BCUT2D eigenvalue weighted by atomic mass is 10.2. The highest BCUT2D eigenvalue weighted by atomic mass is 79.9. The number of nitrogens with one attached hydrogen (secondary N) is 1. The first kappa shape index (κ1) is 17.2. The third kappa shape index (κ3) is 4.21. The standard InChI is InChI=1S/C14H12Br2N2O3S/c1-3-21-12-9(15)4-8(5-10(12)16)6-11-13(20)18-14(22-11)17-7(2)19/h4-6H,3H2,1-2H3,(H,17,18,19,20)/b11-6+. The maximum absolute atomic E-state index is 11.8. The fourth-order valence-electron chi connectivity index (χ4n) is 1.71. The Labute approximate surface area is 148 Å². The van der Waals surface area contributed by atoms with Crippen LogP contribution in [-0.2, 0) is 9.59 Å². The molecule has 0 bridgehead atoms. The Morgan fingerprint density at radius 1 is 1.41 bits per heavy atom. The highest BCUT2D eigenvalue weighted by molar-refractivity contribution is 9.11. The van der Waals surface area contributed by atoms with Crippen molar-refractivity contribution in [2.24, 2.45) is 4.99 Å². The molecule has 1 N–H and O–H groups in total. The summed E-state index contributed by atoms with van der Waals surface area (Å²) in [6, 6.07) is 3.71. The van der Waals surface area contributed by atoms with Crippen molar-refractivity contribution in [3.63, 3.8) is 0 Å². The van der Waals surface area contributed by atoms with Crippen LogP contribution in [0.15, 0.2) is 31.0 Å². The van der Waals surface area contributed by atoms with Crippen molar-refractivity contribution in [3.05, 3.63) is 31.5 Å². The predicted octanol–water partition coefficient (Wildman–Crippen LogP) is 3.72. The Morgan fingerprint density at radius 3 is 2.59 bits per heavy atom. The first-order valence-electron chi connectivity index (χ1n) is 6.32. The van der Waals surface area contributed by atoms with Gasteiger partial charge in [0.2, 0.25) is 5.91 Å². The number of carbonyl (C=O) groups excluding carboxylic acids is 2. The topological polar surface area (TPSA) is 67.8 Å². The minimum Gasteiger partial charge on any atom is -0.492 e. The Kier molecular flexibility index (Phi) is 5.82. The summed E-state index contributed by atoms with van der Waals surface area (Å²) in [5, 5.41) is 2.81. The normalized spacial score (nSPS) is 15.9. The SMILES string of the molecule is CCOc1c(Br)cc(/C=C2/SC(NC(C)=O)=NC2=O)cc1Br. The molecule has 0 saturated carbocycles. The quantitative estimate of drug-likeness (QED) is 0.717. The molecular weight excluding hydrogens is 436 g/mol. The van der Waals surface area contributed by atoms with Crippen molar-refractivity contribution in [2.75, 3.05) is 6.61 Å². The molecule has 8 heteroatoms. The molecule has 0 fully saturated rings. The fraction of sp³-hybridized carbons (Fsp3) is 0.214. The number of rotatable bonds is 3. The molecule has 1 heterocycles. The van der Waals surface area contributed by atoms with E-state index in [1.165, 1.54) is 6.92 Å². The van der Waals surface area contributed by atoms with Gasteiger partial charge in [-0.1, -0.05) is 0 Å². The number of carbonyl (C=O) groups is 2. The average molecular weight is 448 g/mol. The molecule has 116 valence electrons. The fourth-order valence-corrected chi connectivity index (χ4v) is 4.02. The van der Waals surface area contributed by atoms with Crippen molar-refractivity contribution in [1.29, 1.82) is 0 Å². The summed E-state index contributed by atoms with van der Waals surface area (Å²) < 4.78 is 7.09. The zero-order valence-electron chi connectivity index (χ0n) is 11.8. The number of hydrogen-bond acceptors (Lipinski definition) is 4. The van der Waals surface area contributed by atoms with Crippen LogP contribution in [0.3, 0.4) is 0 Å². The van der Waals surface area contributed by atoms with Gasteiger partial charge in [-0.15, -0.1) is 0 Å². The van der Waals surface area contributed by atoms with Crippen LogP contribution in [0.1, 0.15) is 19.4 Å². The predicted molar refractivity (Wildman–Crippen MR) is 94.8 cm³/mol. The van der Waals surface area contributed by atoms with E-state index < -0.39 is 0 Å². The maximum atomic E-state index is 11.8. The van der Waals surface area contributed by atoms with Crippen LogP contribution in [0, 0.1) is 0 Å². The first-order valence-corrected chi connectivity index (χ1v) is 8.73. The molecule has 1 aliphatic heterocycles. The molecule has 0 unspecified atom stereocenters. The number of nitrogens with zero attached hydrogens (tertiary/aromatic N) is 1. The summed E-state index contributed by atoms with van der Waals surface area (Å²) in [5.41, 5.74) is 0.817. The van der Waals surface area contributed by atoms with E-state index in [4.69, 9.17) is 4.74 Å². The molecule has 0 atom stereocenters. The van der Waals surface area contributed by atoms with Gasteiger partial charge in [0, 0.05) is 6.92 Å². The smallest absolute Gasteiger partial charge is 0.286 e. The molecule has 0 aliphatic carbocycles. The summed E-state index contributed by atoms with van der Waals surface area (Å²) in [7, 11) is 0. The van der Waals surface area contributed by atoms with E-state index in [-0.39, 0.29) is 11.8 Å². The summed E-state index contributed by atoms with van der Waals surface area (Å²) in [4.78, 5) is 27.1. The minimum atomic E-state index is -0.366. The zero-order valence-corrected chi connectivity index (χ0v) is 15.8. The minimum absolute atomic E-state index is 0.258. The number of thioether (sulfide) groups is 1. The van der Waals surface area contributed by atoms with Gasteiger partial charge in [0.05, 0.1) is 20.5 Å². The highest BCUT2D eigenvalue weighted by Gasteiger charge is 2.22. The molecule has 1 aliphatic rings. The molecule has 0 spiro atoms. The van der Waals surface area contributed by atoms with Crippen molar-refractivity contribution in [3.8, 4) is 5.75 Å². The number of hydrogen-bond donors (Lipinski definition) is 1. The van der Waals surface area contributed by atoms with Gasteiger partial charge in [0.25, 0.3) is 5.91 Å². The van der Waals surface area contributed by atoms with Gasteiger partial charge in [-0.3, -0.25) is 9.59 Å². The zero-order chi connectivity index (χ0) is 16.3. The van der Waals surface area contributed by atoms with Crippen LogP contribution in [0.4, 0.5) is 0 Å². The van der Waals surface area contributed by atoms with Gasteiger partial charge in [-0.25, -0.2) is 0 Å². The Morgan fingerprint density at radius 2 is 2.05 bits per heavy atom. The van der Waals surface area contributed by atoms with E-state index in [1.807, 2.05) is 19.1 Å². The van der Waals surface area contributed by atoms with Crippen LogP contribution < -0.4 is 10.1 Å². The number of halogens is 2. The molecule has 0 saturated heterocycles. The Balaban J connectivity index is 2.24. The number of ether oxygens (including phenoxy) is 1. The van der Waals surface area contributed by atoms with Crippen molar-refractivity contribution in [1.82, 2.24) is 5.32 Å². The van der Waals surface area contributed by atoms with Crippen LogP contribution >= 0.6 is 43.6 Å². The lowest BCUT2D eigenvalue weighted by molar-refractivity contribution is -0.117. The van der Waals surface area contributed by atoms with Crippen LogP contribution in [0.2, 0.25) is 0 Å². The van der Waals surface area contributed by atoms with E-state index in [0.717, 1.165) is 26.3 Å². The van der Waals surface area contributed by atoms with Gasteiger partial charge in [0.1, 0.15) is 5.75 Å². The first-order chi connectivity index (χ1) is 10.4. The van der Waals surface area contributed by atoms with Crippen molar-refractivity contribution >= 4 is 66.7 Å². The van der Waals surface area contributed by atoms with Gasteiger partial charge < -0.3 is 10.1 Å². The van der Waals surface area contributed by atoms with E-state index in [9.17, 15) is 9.59 Å². The van der Waals surface area contributed by atoms with Gasteiger partial charge in [-0.05, 0) is 74.3 Å². The lowest BCUT2D eigenvalue weighted by Gasteiger charge is -2.09. The summed E-state index contributed by atoms with van der Waals surface area (Å²) in [6.07, 6.45) is 1.72. The molecule has 1 aromatic carbocycles. The molecule has 1 aromatic rings. The van der Waals surface area contributed by atoms with Crippen molar-refractivity contribution in [2.45, 2.75) is 13.8 Å². The van der Waals surface area contributed by atoms with E-state index >= 15 is 0 Å². The molecule has 22 heavy (non-hydrogen) atoms. The van der Waals surface area contributed by atoms with Crippen LogP contribution in [-0.4, -0.2) is 23.6 Å². The van der Waals surface area contributed by atoms with E-state index in [2.05, 4.69) is 42.2 Å². The number of benzene rings is 1. The highest BCUT2D eigenvalue weighted by Crippen LogP contribution is 2.36. The van der Waals surface area contributed by atoms with Crippen molar-refractivity contribution < 1.29 is 14.3 Å². The molecule has 0 aromatic heterocycles. The number of amidine groups is 1. The second-order valence-corrected chi connectivity index (χ2v) is 7.00. The maximum Gasteiger partial charge on any atom is 0.286 e. The third-order valence-corrected chi connectivity index (χ3v) is 4.59. The van der Waals surface area contributed by atoms with E-state index in [1.54, 1.807) is 6.08 Å². The van der Waals surface area contributed by atoms with Gasteiger partial charge in [0.15, 0.2) is 5.17 Å². The molecule has 5 nitrogen and oxygen atoms in total. The second-order valence-electron chi connectivity index (χ2n) is 4.26. The largest absolute Gasteiger partial charge is 0.492 e. The molecular formula is C14H12Br2N2O3S. The monoisotopic (exact) mass is 446 g/mol. The van der Waals surface area contributed by atoms with Crippen LogP contribution in [0.25, 0.3) is 6.08 Å².